The smallest absolute Gasteiger partial charge is 0.263 e. The molecule has 2 N–H and O–H groups in total. The van der Waals surface area contributed by atoms with E-state index in [1.165, 1.54) is 41.2 Å². The zero-order valence-corrected chi connectivity index (χ0v) is 23.3. The van der Waals surface area contributed by atoms with Crippen LogP contribution in [0.5, 0.6) is 0 Å². The second kappa shape index (κ2) is 11.5. The maximum Gasteiger partial charge on any atom is 0.263 e. The number of hydrogen-bond donors (Lipinski definition) is 2. The second-order valence-corrected chi connectivity index (χ2v) is 14.9. The lowest BCUT2D eigenvalue weighted by molar-refractivity contribution is 0.244. The van der Waals surface area contributed by atoms with E-state index in [0.717, 1.165) is 38.4 Å². The summed E-state index contributed by atoms with van der Waals surface area (Å²) in [6.07, 6.45) is 8.60. The van der Waals surface area contributed by atoms with Gasteiger partial charge in [-0.1, -0.05) is 62.4 Å². The first kappa shape index (κ1) is 28.4. The summed E-state index contributed by atoms with van der Waals surface area (Å²) in [6, 6.07) is 12.1. The van der Waals surface area contributed by atoms with Crippen LogP contribution in [0.25, 0.3) is 0 Å². The minimum Gasteiger partial charge on any atom is -0.282 e. The Morgan fingerprint density at radius 2 is 1.42 bits per heavy atom. The number of nitrogens with zero attached hydrogens (tertiary/aromatic N) is 1. The molecule has 0 unspecified atom stereocenters. The molecule has 1 aliphatic rings. The van der Waals surface area contributed by atoms with Crippen molar-refractivity contribution < 1.29 is 25.3 Å². The van der Waals surface area contributed by atoms with E-state index in [9.17, 15) is 25.3 Å². The third-order valence-corrected chi connectivity index (χ3v) is 9.73. The molecule has 1 aliphatic carbocycles. The molecule has 2 aromatic carbocycles. The molecule has 0 radical (unpaired) electrons. The molecule has 0 aromatic heterocycles. The standard InChI is InChI=1S/C24H35N3O6S3/c1-19(17-20-11-5-4-6-12-20)27(35(3,30)31)18-21-13-7-8-14-22(21)26-36(32,33)24-16-10-9-15-23(24)25-34(2,28)29/h7-10,13-16,19-20,25-26H,4-6,11-12,17-18H2,1-3H3/t19-/m0/s1. The number of hydrogen-bond acceptors (Lipinski definition) is 6. The van der Waals surface area contributed by atoms with E-state index in [1.807, 2.05) is 6.92 Å². The van der Waals surface area contributed by atoms with Crippen molar-refractivity contribution in [2.24, 2.45) is 5.92 Å². The number of rotatable bonds is 11. The van der Waals surface area contributed by atoms with Crippen LogP contribution in [-0.2, 0) is 36.6 Å². The molecule has 9 nitrogen and oxygen atoms in total. The van der Waals surface area contributed by atoms with Gasteiger partial charge in [-0.25, -0.2) is 25.3 Å². The molecule has 0 spiro atoms. The van der Waals surface area contributed by atoms with Gasteiger partial charge in [0.1, 0.15) is 4.90 Å². The molecule has 1 saturated carbocycles. The molecular weight excluding hydrogens is 522 g/mol. The maximum absolute atomic E-state index is 13.3. The van der Waals surface area contributed by atoms with Crippen LogP contribution in [0.2, 0.25) is 0 Å². The van der Waals surface area contributed by atoms with Crippen LogP contribution >= 0.6 is 0 Å². The lowest BCUT2D eigenvalue weighted by atomic mass is 9.85. The fourth-order valence-electron chi connectivity index (χ4n) is 4.73. The van der Waals surface area contributed by atoms with Crippen LogP contribution in [0.15, 0.2) is 53.4 Å². The van der Waals surface area contributed by atoms with Gasteiger partial charge in [-0.05, 0) is 43.0 Å². The van der Waals surface area contributed by atoms with Crippen molar-refractivity contribution in [2.75, 3.05) is 22.0 Å². The minimum absolute atomic E-state index is 0.00858. The zero-order chi connectivity index (χ0) is 26.6. The number of para-hydroxylation sites is 2. The van der Waals surface area contributed by atoms with Crippen molar-refractivity contribution in [1.82, 2.24) is 4.31 Å². The normalized spacial score (nSPS) is 16.6. The molecule has 1 atom stereocenters. The molecule has 0 aliphatic heterocycles. The van der Waals surface area contributed by atoms with Crippen molar-refractivity contribution in [2.45, 2.75) is 62.9 Å². The molecule has 12 heteroatoms. The van der Waals surface area contributed by atoms with Gasteiger partial charge in [0.2, 0.25) is 20.0 Å². The fourth-order valence-corrected chi connectivity index (χ4v) is 7.75. The average molecular weight is 558 g/mol. The monoisotopic (exact) mass is 557 g/mol. The molecule has 36 heavy (non-hydrogen) atoms. The van der Waals surface area contributed by atoms with Crippen molar-refractivity contribution in [3.8, 4) is 0 Å². The summed E-state index contributed by atoms with van der Waals surface area (Å²) in [4.78, 5) is -0.240. The zero-order valence-electron chi connectivity index (χ0n) is 20.8. The van der Waals surface area contributed by atoms with Crippen LogP contribution in [0.3, 0.4) is 0 Å². The highest BCUT2D eigenvalue weighted by Gasteiger charge is 2.28. The van der Waals surface area contributed by atoms with E-state index in [-0.39, 0.29) is 28.9 Å². The van der Waals surface area contributed by atoms with Crippen molar-refractivity contribution >= 4 is 41.4 Å². The van der Waals surface area contributed by atoms with Gasteiger partial charge in [-0.3, -0.25) is 9.44 Å². The first-order valence-electron chi connectivity index (χ1n) is 11.9. The van der Waals surface area contributed by atoms with E-state index < -0.39 is 30.1 Å². The SMILES string of the molecule is C[C@@H](CC1CCCCC1)N(Cc1ccccc1NS(=O)(=O)c1ccccc1NS(C)(=O)=O)S(C)(=O)=O. The Labute approximate surface area is 215 Å². The highest BCUT2D eigenvalue weighted by Crippen LogP contribution is 2.31. The third-order valence-electron chi connectivity index (χ3n) is 6.38. The van der Waals surface area contributed by atoms with E-state index in [2.05, 4.69) is 9.44 Å². The molecule has 0 saturated heterocycles. The Hall–Kier alpha value is -2.15. The van der Waals surface area contributed by atoms with Gasteiger partial charge in [0, 0.05) is 12.6 Å². The molecule has 3 rings (SSSR count). The molecule has 2 aromatic rings. The van der Waals surface area contributed by atoms with Crippen LogP contribution < -0.4 is 9.44 Å². The van der Waals surface area contributed by atoms with E-state index >= 15 is 0 Å². The van der Waals surface area contributed by atoms with Gasteiger partial charge in [0.25, 0.3) is 10.0 Å². The number of benzene rings is 2. The maximum atomic E-state index is 13.3. The lowest BCUT2D eigenvalue weighted by Crippen LogP contribution is -2.39. The van der Waals surface area contributed by atoms with Gasteiger partial charge in [0.15, 0.2) is 0 Å². The summed E-state index contributed by atoms with van der Waals surface area (Å²) in [5.41, 5.74) is 0.643. The van der Waals surface area contributed by atoms with Gasteiger partial charge < -0.3 is 0 Å². The van der Waals surface area contributed by atoms with Gasteiger partial charge in [-0.15, -0.1) is 0 Å². The van der Waals surface area contributed by atoms with Crippen LogP contribution in [0.4, 0.5) is 11.4 Å². The number of nitrogens with one attached hydrogen (secondary N) is 2. The van der Waals surface area contributed by atoms with Crippen molar-refractivity contribution in [3.63, 3.8) is 0 Å². The minimum atomic E-state index is -4.20. The quantitative estimate of drug-likeness (QED) is 0.430. The summed E-state index contributed by atoms with van der Waals surface area (Å²) in [5.74, 6) is 0.477. The highest BCUT2D eigenvalue weighted by molar-refractivity contribution is 7.93. The molecule has 0 heterocycles. The molecule has 1 fully saturated rings. The first-order valence-corrected chi connectivity index (χ1v) is 17.1. The molecule has 0 bridgehead atoms. The topological polar surface area (TPSA) is 130 Å². The van der Waals surface area contributed by atoms with E-state index in [0.29, 0.717) is 11.5 Å². The third kappa shape index (κ3) is 7.92. The summed E-state index contributed by atoms with van der Waals surface area (Å²) >= 11 is 0. The Morgan fingerprint density at radius 1 is 0.833 bits per heavy atom. The Balaban J connectivity index is 1.88. The Bertz CT molecular complexity index is 1370. The van der Waals surface area contributed by atoms with Crippen molar-refractivity contribution in [3.05, 3.63) is 54.1 Å². The summed E-state index contributed by atoms with van der Waals surface area (Å²) in [7, 11) is -11.5. The Morgan fingerprint density at radius 3 is 2.03 bits per heavy atom. The van der Waals surface area contributed by atoms with Crippen LogP contribution in [0, 0.1) is 5.92 Å². The van der Waals surface area contributed by atoms with Crippen LogP contribution in [-0.4, -0.2) is 48.1 Å². The number of sulfonamides is 3. The largest absolute Gasteiger partial charge is 0.282 e. The summed E-state index contributed by atoms with van der Waals surface area (Å²) in [6.45, 7) is 1.91. The predicted octanol–water partition coefficient (Wildman–Crippen LogP) is 3.98. The van der Waals surface area contributed by atoms with E-state index in [4.69, 9.17) is 0 Å². The summed E-state index contributed by atoms with van der Waals surface area (Å²) < 4.78 is 81.6. The second-order valence-electron chi connectivity index (χ2n) is 9.53. The number of anilines is 2. The van der Waals surface area contributed by atoms with Gasteiger partial charge in [-0.2, -0.15) is 4.31 Å². The molecule has 200 valence electrons. The highest BCUT2D eigenvalue weighted by atomic mass is 32.2. The van der Waals surface area contributed by atoms with E-state index in [1.54, 1.807) is 24.3 Å². The van der Waals surface area contributed by atoms with Gasteiger partial charge >= 0.3 is 0 Å². The fraction of sp³-hybridized carbons (Fsp3) is 0.500. The molecule has 0 amide bonds. The summed E-state index contributed by atoms with van der Waals surface area (Å²) in [5, 5.41) is 0. The first-order chi connectivity index (χ1) is 16.8. The van der Waals surface area contributed by atoms with Gasteiger partial charge in [0.05, 0.1) is 23.9 Å². The van der Waals surface area contributed by atoms with Crippen LogP contribution in [0.1, 0.15) is 51.0 Å². The predicted molar refractivity (Wildman–Crippen MR) is 143 cm³/mol. The lowest BCUT2D eigenvalue weighted by Gasteiger charge is -2.32. The van der Waals surface area contributed by atoms with Crippen molar-refractivity contribution in [1.29, 1.82) is 0 Å². The average Bonchev–Trinajstić information content (AvgIpc) is 2.77. The Kier molecular flexibility index (Phi) is 9.07. The molecular formula is C24H35N3O6S3.